The van der Waals surface area contributed by atoms with Crippen molar-refractivity contribution >= 4 is 22.9 Å². The minimum absolute atomic E-state index is 0.300. The maximum atomic E-state index is 6.01. The van der Waals surface area contributed by atoms with Crippen LogP contribution in [-0.4, -0.2) is 14.6 Å². The van der Waals surface area contributed by atoms with Gasteiger partial charge in [0, 0.05) is 6.20 Å². The molecule has 2 heterocycles. The number of halogens is 1. The fourth-order valence-corrected chi connectivity index (χ4v) is 2.35. The normalized spacial score (nSPS) is 11.0. The van der Waals surface area contributed by atoms with Crippen LogP contribution in [0.1, 0.15) is 18.3 Å². The van der Waals surface area contributed by atoms with Crippen LogP contribution in [0.4, 0.5) is 5.69 Å². The number of benzene rings is 1. The van der Waals surface area contributed by atoms with Crippen molar-refractivity contribution < 1.29 is 4.74 Å². The van der Waals surface area contributed by atoms with Gasteiger partial charge in [0.25, 0.3) is 0 Å². The van der Waals surface area contributed by atoms with Crippen molar-refractivity contribution in [1.82, 2.24) is 14.6 Å². The van der Waals surface area contributed by atoms with Gasteiger partial charge < -0.3 is 10.5 Å². The Bertz CT molecular complexity index is 784. The molecule has 0 amide bonds. The number of aromatic nitrogens is 3. The topological polar surface area (TPSA) is 65.4 Å². The van der Waals surface area contributed by atoms with E-state index in [0.29, 0.717) is 28.8 Å². The predicted molar refractivity (Wildman–Crippen MR) is 82.6 cm³/mol. The molecule has 5 nitrogen and oxygen atoms in total. The molecule has 0 unspecified atom stereocenters. The van der Waals surface area contributed by atoms with Gasteiger partial charge in [-0.1, -0.05) is 30.7 Å². The van der Waals surface area contributed by atoms with Crippen LogP contribution in [0.5, 0.6) is 5.75 Å². The van der Waals surface area contributed by atoms with Crippen molar-refractivity contribution in [3.63, 3.8) is 0 Å². The number of anilines is 1. The summed E-state index contributed by atoms with van der Waals surface area (Å²) in [6.07, 6.45) is 2.70. The van der Waals surface area contributed by atoms with Crippen molar-refractivity contribution in [2.24, 2.45) is 0 Å². The quantitative estimate of drug-likeness (QED) is 0.804. The first kappa shape index (κ1) is 13.7. The lowest BCUT2D eigenvalue weighted by atomic mass is 10.2. The Hall–Kier alpha value is -2.27. The highest BCUT2D eigenvalue weighted by atomic mass is 35.5. The molecule has 3 rings (SSSR count). The Morgan fingerprint density at radius 1 is 1.29 bits per heavy atom. The summed E-state index contributed by atoms with van der Waals surface area (Å²) in [5, 5.41) is 8.70. The number of aryl methyl sites for hydroxylation is 1. The lowest BCUT2D eigenvalue weighted by Crippen LogP contribution is -2.02. The molecule has 0 aliphatic carbocycles. The van der Waals surface area contributed by atoms with E-state index in [4.69, 9.17) is 22.1 Å². The standard InChI is InChI=1S/C15H15ClN4O/c1-2-10-4-3-5-12(6-10)21-9-14-18-19-15-13(17)7-11(16)8-20(14)15/h3-8H,2,9,17H2,1H3. The summed E-state index contributed by atoms with van der Waals surface area (Å²) >= 11 is 6.01. The molecule has 0 aliphatic rings. The summed E-state index contributed by atoms with van der Waals surface area (Å²) in [6.45, 7) is 2.41. The number of nitrogens with zero attached hydrogens (tertiary/aromatic N) is 3. The molecule has 0 saturated heterocycles. The van der Waals surface area contributed by atoms with Gasteiger partial charge in [-0.2, -0.15) is 0 Å². The molecule has 0 atom stereocenters. The van der Waals surface area contributed by atoms with E-state index in [1.165, 1.54) is 5.56 Å². The summed E-state index contributed by atoms with van der Waals surface area (Å²) in [7, 11) is 0. The van der Waals surface area contributed by atoms with Crippen LogP contribution in [0.2, 0.25) is 5.02 Å². The monoisotopic (exact) mass is 302 g/mol. The number of pyridine rings is 1. The summed E-state index contributed by atoms with van der Waals surface area (Å²) in [5.74, 6) is 1.46. The van der Waals surface area contributed by atoms with Crippen LogP contribution in [0.3, 0.4) is 0 Å². The largest absolute Gasteiger partial charge is 0.486 e. The molecule has 0 spiro atoms. The molecule has 0 bridgehead atoms. The molecule has 0 fully saturated rings. The van der Waals surface area contributed by atoms with E-state index >= 15 is 0 Å². The molecule has 0 radical (unpaired) electrons. The van der Waals surface area contributed by atoms with Gasteiger partial charge in [-0.3, -0.25) is 4.40 Å². The lowest BCUT2D eigenvalue weighted by Gasteiger charge is -2.07. The Morgan fingerprint density at radius 2 is 2.14 bits per heavy atom. The molecule has 21 heavy (non-hydrogen) atoms. The number of hydrogen-bond donors (Lipinski definition) is 1. The van der Waals surface area contributed by atoms with Crippen LogP contribution in [0.15, 0.2) is 36.5 Å². The van der Waals surface area contributed by atoms with Crippen LogP contribution < -0.4 is 10.5 Å². The van der Waals surface area contributed by atoms with E-state index in [9.17, 15) is 0 Å². The summed E-state index contributed by atoms with van der Waals surface area (Å²) in [4.78, 5) is 0. The minimum atomic E-state index is 0.300. The highest BCUT2D eigenvalue weighted by Crippen LogP contribution is 2.20. The summed E-state index contributed by atoms with van der Waals surface area (Å²) < 4.78 is 7.52. The first-order valence-electron chi connectivity index (χ1n) is 6.67. The van der Waals surface area contributed by atoms with Gasteiger partial charge in [-0.05, 0) is 30.2 Å². The van der Waals surface area contributed by atoms with Crippen molar-refractivity contribution in [3.8, 4) is 5.75 Å². The number of hydrogen-bond acceptors (Lipinski definition) is 4. The van der Waals surface area contributed by atoms with Gasteiger partial charge in [0.15, 0.2) is 11.5 Å². The second-order valence-corrected chi connectivity index (χ2v) is 5.15. The third-order valence-electron chi connectivity index (χ3n) is 3.25. The highest BCUT2D eigenvalue weighted by Gasteiger charge is 2.10. The Morgan fingerprint density at radius 3 is 2.95 bits per heavy atom. The van der Waals surface area contributed by atoms with Crippen molar-refractivity contribution in [2.45, 2.75) is 20.0 Å². The van der Waals surface area contributed by atoms with E-state index < -0.39 is 0 Å². The van der Waals surface area contributed by atoms with E-state index in [1.807, 2.05) is 18.2 Å². The molecule has 108 valence electrons. The average Bonchev–Trinajstić information content (AvgIpc) is 2.88. The van der Waals surface area contributed by atoms with E-state index in [2.05, 4.69) is 23.2 Å². The van der Waals surface area contributed by atoms with Crippen LogP contribution in [0.25, 0.3) is 5.65 Å². The first-order chi connectivity index (χ1) is 10.2. The molecule has 1 aromatic carbocycles. The van der Waals surface area contributed by atoms with Gasteiger partial charge >= 0.3 is 0 Å². The van der Waals surface area contributed by atoms with Crippen LogP contribution >= 0.6 is 11.6 Å². The van der Waals surface area contributed by atoms with Crippen molar-refractivity contribution in [1.29, 1.82) is 0 Å². The molecule has 0 saturated carbocycles. The molecule has 6 heteroatoms. The zero-order valence-electron chi connectivity index (χ0n) is 11.6. The maximum Gasteiger partial charge on any atom is 0.184 e. The Kier molecular flexibility index (Phi) is 3.66. The molecule has 2 aromatic heterocycles. The maximum absolute atomic E-state index is 6.01. The number of nitrogens with two attached hydrogens (primary N) is 1. The van der Waals surface area contributed by atoms with Gasteiger partial charge in [0.2, 0.25) is 0 Å². The molecule has 0 aliphatic heterocycles. The average molecular weight is 303 g/mol. The zero-order valence-corrected chi connectivity index (χ0v) is 12.3. The van der Waals surface area contributed by atoms with Gasteiger partial charge in [0.05, 0.1) is 10.7 Å². The molecule has 3 aromatic rings. The number of nitrogen functional groups attached to an aromatic ring is 1. The number of ether oxygens (including phenoxy) is 1. The van der Waals surface area contributed by atoms with Crippen molar-refractivity contribution in [2.75, 3.05) is 5.73 Å². The SMILES string of the molecule is CCc1cccc(OCc2nnc3c(N)cc(Cl)cn23)c1. The Balaban J connectivity index is 1.85. The fraction of sp³-hybridized carbons (Fsp3) is 0.200. The number of rotatable bonds is 4. The van der Waals surface area contributed by atoms with Crippen molar-refractivity contribution in [3.05, 3.63) is 52.9 Å². The van der Waals surface area contributed by atoms with E-state index in [1.54, 1.807) is 16.7 Å². The second kappa shape index (κ2) is 5.61. The zero-order chi connectivity index (χ0) is 14.8. The first-order valence-corrected chi connectivity index (χ1v) is 7.05. The predicted octanol–water partition coefficient (Wildman–Crippen LogP) is 3.11. The number of fused-ring (bicyclic) bond motifs is 1. The van der Waals surface area contributed by atoms with Crippen LogP contribution in [0, 0.1) is 0 Å². The van der Waals surface area contributed by atoms with Crippen LogP contribution in [-0.2, 0) is 13.0 Å². The fourth-order valence-electron chi connectivity index (χ4n) is 2.13. The lowest BCUT2D eigenvalue weighted by molar-refractivity contribution is 0.294. The molecular formula is C15H15ClN4O. The molecule has 2 N–H and O–H groups in total. The van der Waals surface area contributed by atoms with Gasteiger partial charge in [0.1, 0.15) is 12.4 Å². The third kappa shape index (κ3) is 2.78. The smallest absolute Gasteiger partial charge is 0.184 e. The summed E-state index contributed by atoms with van der Waals surface area (Å²) in [5.41, 5.74) is 8.17. The van der Waals surface area contributed by atoms with E-state index in [-0.39, 0.29) is 0 Å². The van der Waals surface area contributed by atoms with Gasteiger partial charge in [-0.15, -0.1) is 10.2 Å². The van der Waals surface area contributed by atoms with E-state index in [0.717, 1.165) is 12.2 Å². The third-order valence-corrected chi connectivity index (χ3v) is 3.45. The highest BCUT2D eigenvalue weighted by molar-refractivity contribution is 6.30. The minimum Gasteiger partial charge on any atom is -0.486 e. The summed E-state index contributed by atoms with van der Waals surface area (Å²) in [6, 6.07) is 9.64. The second-order valence-electron chi connectivity index (χ2n) is 4.71. The Labute approximate surface area is 127 Å². The van der Waals surface area contributed by atoms with Gasteiger partial charge in [-0.25, -0.2) is 0 Å². The molecular weight excluding hydrogens is 288 g/mol.